The van der Waals surface area contributed by atoms with E-state index in [0.717, 1.165) is 12.8 Å². The summed E-state index contributed by atoms with van der Waals surface area (Å²) >= 11 is 0. The minimum absolute atomic E-state index is 0.0761. The highest BCUT2D eigenvalue weighted by atomic mass is 16.6. The van der Waals surface area contributed by atoms with Gasteiger partial charge < -0.3 is 29.7 Å². The normalized spacial score (nSPS) is 32.4. The van der Waals surface area contributed by atoms with Crippen LogP contribution in [0.1, 0.15) is 71.5 Å². The number of benzene rings is 1. The molecule has 1 aromatic rings. The number of carbonyl (C=O) groups is 4. The first kappa shape index (κ1) is 32.9. The monoisotopic (exact) mass is 621 g/mol. The minimum atomic E-state index is -1.37. The third kappa shape index (κ3) is 6.31. The highest BCUT2D eigenvalue weighted by molar-refractivity contribution is 5.99. The zero-order valence-corrected chi connectivity index (χ0v) is 26.8. The number of carbonyl (C=O) groups excluding carboxylic acids is 4. The number of nitrogens with zero attached hydrogens (tertiary/aromatic N) is 2. The molecule has 8 atom stereocenters. The zero-order valence-electron chi connectivity index (χ0n) is 26.8. The fourth-order valence-corrected chi connectivity index (χ4v) is 7.52. The molecule has 0 saturated carbocycles. The van der Waals surface area contributed by atoms with Gasteiger partial charge in [-0.15, -0.1) is 0 Å². The lowest BCUT2D eigenvalue weighted by Gasteiger charge is -2.40. The van der Waals surface area contributed by atoms with Gasteiger partial charge in [0.05, 0.1) is 31.2 Å². The second-order valence-corrected chi connectivity index (χ2v) is 13.2. The van der Waals surface area contributed by atoms with Crippen molar-refractivity contribution in [1.82, 2.24) is 15.1 Å². The van der Waals surface area contributed by atoms with E-state index in [-0.39, 0.29) is 49.3 Å². The molecule has 45 heavy (non-hydrogen) atoms. The number of cyclic esters (lactones) is 1. The lowest BCUT2D eigenvalue weighted by molar-refractivity contribution is -0.160. The molecule has 5 rings (SSSR count). The van der Waals surface area contributed by atoms with E-state index in [4.69, 9.17) is 9.47 Å². The van der Waals surface area contributed by atoms with Crippen LogP contribution in [0, 0.1) is 17.8 Å². The Morgan fingerprint density at radius 2 is 1.82 bits per heavy atom. The third-order valence-electron chi connectivity index (χ3n) is 9.61. The molecule has 1 spiro atoms. The van der Waals surface area contributed by atoms with E-state index in [9.17, 15) is 24.3 Å². The predicted octanol–water partition coefficient (Wildman–Crippen LogP) is 3.31. The lowest BCUT2D eigenvalue weighted by atomic mass is 9.74. The molecule has 1 unspecified atom stereocenters. The second-order valence-electron chi connectivity index (χ2n) is 13.2. The maximum Gasteiger partial charge on any atom is 0.313 e. The molecular weight excluding hydrogens is 574 g/mol. The van der Waals surface area contributed by atoms with Crippen LogP contribution in [0.3, 0.4) is 0 Å². The van der Waals surface area contributed by atoms with Crippen molar-refractivity contribution in [3.8, 4) is 0 Å². The number of esters is 1. The summed E-state index contributed by atoms with van der Waals surface area (Å²) < 4.78 is 12.6. The molecule has 3 amide bonds. The van der Waals surface area contributed by atoms with E-state index in [2.05, 4.69) is 12.2 Å². The van der Waals surface area contributed by atoms with Gasteiger partial charge >= 0.3 is 5.97 Å². The molecule has 0 aliphatic carbocycles. The molecule has 2 fully saturated rings. The Bertz CT molecular complexity index is 1310. The fourth-order valence-electron chi connectivity index (χ4n) is 7.52. The number of hydrogen-bond acceptors (Lipinski definition) is 7. The number of fused-ring (bicyclic) bond motifs is 2. The van der Waals surface area contributed by atoms with Crippen LogP contribution < -0.4 is 5.32 Å². The third-order valence-corrected chi connectivity index (χ3v) is 9.61. The molecule has 2 N–H and O–H groups in total. The average molecular weight is 622 g/mol. The van der Waals surface area contributed by atoms with Gasteiger partial charge in [0.2, 0.25) is 17.7 Å². The van der Waals surface area contributed by atoms with Crippen molar-refractivity contribution in [2.75, 3.05) is 19.7 Å². The number of ether oxygens (including phenoxy) is 2. The molecule has 10 nitrogen and oxygen atoms in total. The fraction of sp³-hybridized carbons (Fsp3) is 0.600. The Balaban J connectivity index is 1.60. The highest BCUT2D eigenvalue weighted by Crippen LogP contribution is 2.56. The van der Waals surface area contributed by atoms with Crippen molar-refractivity contribution < 1.29 is 33.8 Å². The molecule has 5 bridgehead atoms. The van der Waals surface area contributed by atoms with Gasteiger partial charge in [0, 0.05) is 19.0 Å². The van der Waals surface area contributed by atoms with Crippen LogP contribution in [-0.4, -0.2) is 88.1 Å². The van der Waals surface area contributed by atoms with Crippen LogP contribution in [0.5, 0.6) is 0 Å². The van der Waals surface area contributed by atoms with Gasteiger partial charge in [0.15, 0.2) is 0 Å². The van der Waals surface area contributed by atoms with Crippen LogP contribution in [0.25, 0.3) is 0 Å². The van der Waals surface area contributed by atoms with E-state index in [1.54, 1.807) is 17.1 Å². The molecule has 10 heteroatoms. The largest absolute Gasteiger partial charge is 0.455 e. The molecule has 2 saturated heterocycles. The Hall–Kier alpha value is -3.50. The quantitative estimate of drug-likeness (QED) is 0.337. The average Bonchev–Trinajstić information content (AvgIpc) is 3.66. The van der Waals surface area contributed by atoms with Gasteiger partial charge in [-0.1, -0.05) is 81.8 Å². The molecule has 0 aromatic heterocycles. The number of aliphatic hydroxyl groups is 1. The summed E-state index contributed by atoms with van der Waals surface area (Å²) in [5.41, 5.74) is -0.658. The first-order valence-corrected chi connectivity index (χ1v) is 16.4. The summed E-state index contributed by atoms with van der Waals surface area (Å²) in [5.74, 6) is -3.29. The standard InChI is InChI=1S/C35H47N3O7/c1-5-12-23(4)37-18-11-7-10-15-28(40)36-20-27(24-13-8-6-9-14-24)44-34(43)29-26-16-17-35(45-26)30(29)32(41)38(31(35)33(37)42)25(21-39)19-22(2)3/h6-9,11,13-14,16-17,22-23,25-27,29-31,39H,5,10,12,15,18-21H2,1-4H3,(H,36,40)/b11-7-/t23?,25-,26-,27-,29+,30+,31-,35+/m1/s1. The Morgan fingerprint density at radius 3 is 2.51 bits per heavy atom. The summed E-state index contributed by atoms with van der Waals surface area (Å²) in [6.45, 7) is 8.12. The van der Waals surface area contributed by atoms with Crippen molar-refractivity contribution >= 4 is 23.7 Å². The first-order valence-electron chi connectivity index (χ1n) is 16.4. The molecule has 4 heterocycles. The summed E-state index contributed by atoms with van der Waals surface area (Å²) in [6.07, 6.45) is 8.64. The van der Waals surface area contributed by atoms with Crippen molar-refractivity contribution in [2.45, 2.75) is 95.7 Å². The van der Waals surface area contributed by atoms with E-state index in [1.807, 2.05) is 63.3 Å². The predicted molar refractivity (Wildman–Crippen MR) is 167 cm³/mol. The van der Waals surface area contributed by atoms with E-state index < -0.39 is 47.7 Å². The summed E-state index contributed by atoms with van der Waals surface area (Å²) in [4.78, 5) is 59.5. The van der Waals surface area contributed by atoms with Crippen molar-refractivity contribution in [3.63, 3.8) is 0 Å². The summed E-state index contributed by atoms with van der Waals surface area (Å²) in [6, 6.07) is 7.36. The van der Waals surface area contributed by atoms with Crippen molar-refractivity contribution in [3.05, 3.63) is 60.2 Å². The first-order chi connectivity index (χ1) is 21.6. The zero-order chi connectivity index (χ0) is 32.3. The molecule has 4 aliphatic heterocycles. The minimum Gasteiger partial charge on any atom is -0.455 e. The maximum atomic E-state index is 14.8. The maximum absolute atomic E-state index is 14.8. The number of aliphatic hydroxyl groups excluding tert-OH is 1. The van der Waals surface area contributed by atoms with E-state index in [1.165, 1.54) is 4.90 Å². The second kappa shape index (κ2) is 13.9. The molecule has 244 valence electrons. The molecular formula is C35H47N3O7. The summed E-state index contributed by atoms with van der Waals surface area (Å²) in [5, 5.41) is 13.5. The number of amides is 3. The van der Waals surface area contributed by atoms with Crippen LogP contribution in [0.2, 0.25) is 0 Å². The van der Waals surface area contributed by atoms with E-state index >= 15 is 0 Å². The smallest absolute Gasteiger partial charge is 0.313 e. The number of nitrogens with one attached hydrogen (secondary N) is 1. The molecule has 0 radical (unpaired) electrons. The van der Waals surface area contributed by atoms with Gasteiger partial charge in [-0.3, -0.25) is 19.2 Å². The Labute approximate surface area is 265 Å². The highest BCUT2D eigenvalue weighted by Gasteiger charge is 2.74. The number of likely N-dealkylation sites (tertiary alicyclic amines) is 1. The van der Waals surface area contributed by atoms with Crippen molar-refractivity contribution in [2.24, 2.45) is 17.8 Å². The van der Waals surface area contributed by atoms with Crippen LogP contribution in [0.15, 0.2) is 54.6 Å². The molecule has 4 aliphatic rings. The van der Waals surface area contributed by atoms with Gasteiger partial charge in [0.1, 0.15) is 23.7 Å². The summed E-state index contributed by atoms with van der Waals surface area (Å²) in [7, 11) is 0. The number of allylic oxidation sites excluding steroid dienone is 1. The number of hydrogen-bond donors (Lipinski definition) is 2. The van der Waals surface area contributed by atoms with Crippen LogP contribution >= 0.6 is 0 Å². The number of rotatable bonds is 8. The van der Waals surface area contributed by atoms with Gasteiger partial charge in [-0.2, -0.15) is 0 Å². The Morgan fingerprint density at radius 1 is 1.07 bits per heavy atom. The van der Waals surface area contributed by atoms with E-state index in [0.29, 0.717) is 24.9 Å². The molecule has 1 aromatic carbocycles. The van der Waals surface area contributed by atoms with Crippen molar-refractivity contribution in [1.29, 1.82) is 0 Å². The van der Waals surface area contributed by atoms with Gasteiger partial charge in [0.25, 0.3) is 0 Å². The topological polar surface area (TPSA) is 125 Å². The Kier molecular flexibility index (Phi) is 10.1. The van der Waals surface area contributed by atoms with Crippen LogP contribution in [0.4, 0.5) is 0 Å². The van der Waals surface area contributed by atoms with Crippen LogP contribution in [-0.2, 0) is 28.7 Å². The van der Waals surface area contributed by atoms with Gasteiger partial charge in [-0.05, 0) is 37.7 Å². The SMILES string of the molecule is CCCC(C)N1C/C=C\CCC(=O)NC[C@H](c2ccccc2)OC(=O)[C@@H]2[C@H]3C(=O)N([C@@H](CO)CC(C)C)[C@H](C1=O)[C@]31C=C[C@H]2O1. The lowest BCUT2D eigenvalue weighted by Crippen LogP contribution is -2.60. The van der Waals surface area contributed by atoms with Gasteiger partial charge in [-0.25, -0.2) is 0 Å².